The molecule has 2 fully saturated rings. The van der Waals surface area contributed by atoms with Crippen molar-refractivity contribution in [3.05, 3.63) is 0 Å². The number of rotatable bonds is 4. The van der Waals surface area contributed by atoms with Crippen molar-refractivity contribution in [2.45, 2.75) is 38.7 Å². The third-order valence-electron chi connectivity index (χ3n) is 4.30. The van der Waals surface area contributed by atoms with E-state index < -0.39 is 0 Å². The summed E-state index contributed by atoms with van der Waals surface area (Å²) in [6, 6.07) is 0. The first-order valence-corrected chi connectivity index (χ1v) is 8.05. The van der Waals surface area contributed by atoms with Crippen LogP contribution < -0.4 is 0 Å². The Balaban J connectivity index is 1.70. The maximum atomic E-state index is 12.3. The molecule has 0 saturated carbocycles. The lowest BCUT2D eigenvalue weighted by Crippen LogP contribution is -2.51. The number of hydrogen-bond donors (Lipinski definition) is 1. The second-order valence-corrected chi connectivity index (χ2v) is 6.22. The smallest absolute Gasteiger partial charge is 0.236 e. The maximum Gasteiger partial charge on any atom is 0.236 e. The minimum atomic E-state index is -0.264. The number of likely N-dealkylation sites (tertiary alicyclic amines) is 1. The van der Waals surface area contributed by atoms with Gasteiger partial charge in [-0.2, -0.15) is 0 Å². The van der Waals surface area contributed by atoms with Crippen LogP contribution in [0.25, 0.3) is 0 Å². The number of aliphatic hydroxyl groups is 1. The van der Waals surface area contributed by atoms with E-state index in [2.05, 4.69) is 14.7 Å². The van der Waals surface area contributed by atoms with Crippen LogP contribution in [-0.2, 0) is 4.79 Å². The molecule has 0 aromatic heterocycles. The Hall–Kier alpha value is -0.650. The second-order valence-electron chi connectivity index (χ2n) is 6.22. The SMILES string of the molecule is C[C@H](O)CN1CCN(CC(=O)N2CCCCCC2)CC1. The van der Waals surface area contributed by atoms with E-state index in [1.54, 1.807) is 0 Å². The normalized spacial score (nSPS) is 24.4. The first kappa shape index (κ1) is 15.7. The Bertz CT molecular complexity index is 293. The van der Waals surface area contributed by atoms with Crippen LogP contribution in [0.2, 0.25) is 0 Å². The summed E-state index contributed by atoms with van der Waals surface area (Å²) < 4.78 is 0. The highest BCUT2D eigenvalue weighted by molar-refractivity contribution is 5.78. The largest absolute Gasteiger partial charge is 0.392 e. The van der Waals surface area contributed by atoms with Crippen LogP contribution in [-0.4, -0.2) is 84.2 Å². The van der Waals surface area contributed by atoms with Crippen molar-refractivity contribution in [1.82, 2.24) is 14.7 Å². The highest BCUT2D eigenvalue weighted by Gasteiger charge is 2.22. The molecule has 2 aliphatic heterocycles. The van der Waals surface area contributed by atoms with Gasteiger partial charge >= 0.3 is 0 Å². The molecule has 0 aromatic rings. The molecule has 0 radical (unpaired) electrons. The number of carbonyl (C=O) groups is 1. The Morgan fingerprint density at radius 1 is 0.950 bits per heavy atom. The summed E-state index contributed by atoms with van der Waals surface area (Å²) in [6.07, 6.45) is 4.59. The lowest BCUT2D eigenvalue weighted by Gasteiger charge is -2.35. The highest BCUT2D eigenvalue weighted by Crippen LogP contribution is 2.11. The summed E-state index contributed by atoms with van der Waals surface area (Å²) in [5.74, 6) is 0.302. The van der Waals surface area contributed by atoms with Crippen LogP contribution in [0.3, 0.4) is 0 Å². The van der Waals surface area contributed by atoms with E-state index in [9.17, 15) is 9.90 Å². The predicted molar refractivity (Wildman–Crippen MR) is 79.6 cm³/mol. The number of piperazine rings is 1. The van der Waals surface area contributed by atoms with E-state index in [1.165, 1.54) is 12.8 Å². The zero-order chi connectivity index (χ0) is 14.4. The number of β-amino-alcohol motifs (C(OH)–C–C–N with tert-alkyl or cyclic N) is 1. The monoisotopic (exact) mass is 283 g/mol. The van der Waals surface area contributed by atoms with Gasteiger partial charge in [-0.15, -0.1) is 0 Å². The standard InChI is InChI=1S/C15H29N3O2/c1-14(19)12-16-8-10-17(11-9-16)13-15(20)18-6-4-2-3-5-7-18/h14,19H,2-13H2,1H3/t14-/m0/s1. The molecule has 0 spiro atoms. The molecule has 5 nitrogen and oxygen atoms in total. The first-order chi connectivity index (χ1) is 9.65. The van der Waals surface area contributed by atoms with E-state index in [1.807, 2.05) is 6.92 Å². The topological polar surface area (TPSA) is 47.0 Å². The number of carbonyl (C=O) groups excluding carboxylic acids is 1. The molecule has 116 valence electrons. The van der Waals surface area contributed by atoms with Crippen LogP contribution in [0.1, 0.15) is 32.6 Å². The average Bonchev–Trinajstić information content (AvgIpc) is 2.69. The lowest BCUT2D eigenvalue weighted by molar-refractivity contribution is -0.132. The van der Waals surface area contributed by atoms with Gasteiger partial charge in [0, 0.05) is 45.8 Å². The van der Waals surface area contributed by atoms with E-state index in [0.29, 0.717) is 12.5 Å². The molecule has 0 bridgehead atoms. The highest BCUT2D eigenvalue weighted by atomic mass is 16.3. The van der Waals surface area contributed by atoms with E-state index in [-0.39, 0.29) is 6.10 Å². The van der Waals surface area contributed by atoms with Gasteiger partial charge in [0.2, 0.25) is 5.91 Å². The Labute approximate surface area is 122 Å². The Kier molecular flexibility index (Phi) is 6.26. The predicted octanol–water partition coefficient (Wildman–Crippen LogP) is 0.387. The summed E-state index contributed by atoms with van der Waals surface area (Å²) in [5, 5.41) is 9.40. The summed E-state index contributed by atoms with van der Waals surface area (Å²) in [5.41, 5.74) is 0. The molecule has 2 rings (SSSR count). The quantitative estimate of drug-likeness (QED) is 0.811. The van der Waals surface area contributed by atoms with Crippen molar-refractivity contribution in [1.29, 1.82) is 0 Å². The molecule has 2 saturated heterocycles. The second kappa shape index (κ2) is 7.96. The average molecular weight is 283 g/mol. The van der Waals surface area contributed by atoms with Gasteiger partial charge in [0.05, 0.1) is 12.6 Å². The van der Waals surface area contributed by atoms with Crippen molar-refractivity contribution in [2.24, 2.45) is 0 Å². The lowest BCUT2D eigenvalue weighted by atomic mass is 10.2. The third kappa shape index (κ3) is 5.04. The van der Waals surface area contributed by atoms with Gasteiger partial charge in [-0.25, -0.2) is 0 Å². The van der Waals surface area contributed by atoms with Crippen LogP contribution in [0.4, 0.5) is 0 Å². The molecule has 1 amide bonds. The van der Waals surface area contributed by atoms with Gasteiger partial charge in [-0.1, -0.05) is 12.8 Å². The summed E-state index contributed by atoms with van der Waals surface area (Å²) in [6.45, 7) is 8.82. The number of amides is 1. The van der Waals surface area contributed by atoms with Gasteiger partial charge in [-0.05, 0) is 19.8 Å². The first-order valence-electron chi connectivity index (χ1n) is 8.05. The third-order valence-corrected chi connectivity index (χ3v) is 4.30. The van der Waals surface area contributed by atoms with Crippen molar-refractivity contribution in [3.8, 4) is 0 Å². The van der Waals surface area contributed by atoms with E-state index in [0.717, 1.165) is 58.7 Å². The molecule has 0 aromatic carbocycles. The fourth-order valence-corrected chi connectivity index (χ4v) is 3.12. The Morgan fingerprint density at radius 3 is 2.05 bits per heavy atom. The van der Waals surface area contributed by atoms with Gasteiger partial charge in [-0.3, -0.25) is 14.6 Å². The molecule has 20 heavy (non-hydrogen) atoms. The molecular formula is C15H29N3O2. The van der Waals surface area contributed by atoms with E-state index in [4.69, 9.17) is 0 Å². The molecule has 0 aliphatic carbocycles. The molecule has 1 atom stereocenters. The molecule has 2 heterocycles. The molecular weight excluding hydrogens is 254 g/mol. The summed E-state index contributed by atoms with van der Waals surface area (Å²) in [4.78, 5) is 18.9. The van der Waals surface area contributed by atoms with Crippen LogP contribution in [0, 0.1) is 0 Å². The van der Waals surface area contributed by atoms with Crippen molar-refractivity contribution >= 4 is 5.91 Å². The van der Waals surface area contributed by atoms with Crippen LogP contribution >= 0.6 is 0 Å². The van der Waals surface area contributed by atoms with Crippen LogP contribution in [0.15, 0.2) is 0 Å². The fraction of sp³-hybridized carbons (Fsp3) is 0.933. The van der Waals surface area contributed by atoms with Crippen LogP contribution in [0.5, 0.6) is 0 Å². The van der Waals surface area contributed by atoms with Gasteiger partial charge < -0.3 is 10.0 Å². The van der Waals surface area contributed by atoms with Gasteiger partial charge in [0.25, 0.3) is 0 Å². The minimum absolute atomic E-state index is 0.264. The molecule has 2 aliphatic rings. The number of aliphatic hydroxyl groups excluding tert-OH is 1. The Morgan fingerprint density at radius 2 is 1.50 bits per heavy atom. The van der Waals surface area contributed by atoms with Crippen molar-refractivity contribution < 1.29 is 9.90 Å². The number of hydrogen-bond acceptors (Lipinski definition) is 4. The molecule has 1 N–H and O–H groups in total. The van der Waals surface area contributed by atoms with Gasteiger partial charge in [0.15, 0.2) is 0 Å². The zero-order valence-electron chi connectivity index (χ0n) is 12.8. The molecule has 0 unspecified atom stereocenters. The maximum absolute atomic E-state index is 12.3. The zero-order valence-corrected chi connectivity index (χ0v) is 12.8. The van der Waals surface area contributed by atoms with Gasteiger partial charge in [0.1, 0.15) is 0 Å². The molecule has 5 heteroatoms. The summed E-state index contributed by atoms with van der Waals surface area (Å²) in [7, 11) is 0. The summed E-state index contributed by atoms with van der Waals surface area (Å²) >= 11 is 0. The van der Waals surface area contributed by atoms with Crippen molar-refractivity contribution in [2.75, 3.05) is 52.4 Å². The fourth-order valence-electron chi connectivity index (χ4n) is 3.12. The van der Waals surface area contributed by atoms with Crippen molar-refractivity contribution in [3.63, 3.8) is 0 Å². The van der Waals surface area contributed by atoms with E-state index >= 15 is 0 Å². The number of nitrogens with zero attached hydrogens (tertiary/aromatic N) is 3. The minimum Gasteiger partial charge on any atom is -0.392 e.